The third kappa shape index (κ3) is 5.90. The molecule has 0 radical (unpaired) electrons. The predicted octanol–water partition coefficient (Wildman–Crippen LogP) is 5.67. The molecule has 3 aromatic rings. The first-order chi connectivity index (χ1) is 17.0. The second-order valence-electron chi connectivity index (χ2n) is 7.95. The molecule has 7 nitrogen and oxygen atoms in total. The number of carbonyl (C=O) groups excluding carboxylic acids is 2. The number of imide groups is 1. The van der Waals surface area contributed by atoms with E-state index in [2.05, 4.69) is 11.7 Å². The van der Waals surface area contributed by atoms with Crippen molar-refractivity contribution in [3.63, 3.8) is 0 Å². The van der Waals surface area contributed by atoms with Gasteiger partial charge in [-0.25, -0.2) is 4.79 Å². The summed E-state index contributed by atoms with van der Waals surface area (Å²) in [7, 11) is 0. The monoisotopic (exact) mass is 479 g/mol. The van der Waals surface area contributed by atoms with Crippen molar-refractivity contribution in [2.75, 3.05) is 13.2 Å². The number of ether oxygens (including phenoxy) is 4. The van der Waals surface area contributed by atoms with Crippen molar-refractivity contribution in [3.05, 3.63) is 83.9 Å². The number of rotatable bonds is 11. The summed E-state index contributed by atoms with van der Waals surface area (Å²) in [5.74, 6) is -1.34. The van der Waals surface area contributed by atoms with Crippen LogP contribution in [0, 0.1) is 0 Å². The predicted molar refractivity (Wildman–Crippen MR) is 126 cm³/mol. The fourth-order valence-corrected chi connectivity index (χ4v) is 3.63. The van der Waals surface area contributed by atoms with E-state index in [4.69, 9.17) is 14.2 Å². The molecule has 3 aromatic carbocycles. The van der Waals surface area contributed by atoms with Crippen molar-refractivity contribution in [3.8, 4) is 23.0 Å². The normalized spacial score (nSPS) is 17.0. The van der Waals surface area contributed by atoms with Crippen molar-refractivity contribution in [1.82, 2.24) is 5.32 Å². The summed E-state index contributed by atoms with van der Waals surface area (Å²) in [5.41, 5.74) is 0.948. The lowest BCUT2D eigenvalue weighted by Crippen LogP contribution is -2.32. The second-order valence-corrected chi connectivity index (χ2v) is 7.95. The van der Waals surface area contributed by atoms with Crippen LogP contribution in [-0.2, 0) is 21.8 Å². The van der Waals surface area contributed by atoms with E-state index in [0.717, 1.165) is 35.7 Å². The molecule has 4 rings (SSSR count). The van der Waals surface area contributed by atoms with Gasteiger partial charge in [0, 0.05) is 12.0 Å². The third-order valence-corrected chi connectivity index (χ3v) is 5.29. The molecule has 2 amide bonds. The lowest BCUT2D eigenvalue weighted by Gasteiger charge is -2.16. The molecule has 1 atom stereocenters. The molecule has 182 valence electrons. The maximum absolute atomic E-state index is 14.8. The SMILES string of the molecule is CCCc1cc(Oc2ccccc2)ccc1OCCCOc1cccc(C2(F)OC(=O)NC2=O)c1. The third-order valence-electron chi connectivity index (χ3n) is 5.29. The van der Waals surface area contributed by atoms with Crippen LogP contribution in [0.5, 0.6) is 23.0 Å². The van der Waals surface area contributed by atoms with Gasteiger partial charge in [-0.1, -0.05) is 43.7 Å². The summed E-state index contributed by atoms with van der Waals surface area (Å²) in [6.45, 7) is 2.84. The molecule has 0 bridgehead atoms. The first kappa shape index (κ1) is 24.1. The molecule has 0 saturated carbocycles. The number of nitrogens with one attached hydrogen (secondary N) is 1. The molecule has 0 spiro atoms. The molecule has 0 aliphatic carbocycles. The highest BCUT2D eigenvalue weighted by atomic mass is 19.2. The van der Waals surface area contributed by atoms with Crippen LogP contribution in [0.1, 0.15) is 30.9 Å². The van der Waals surface area contributed by atoms with Gasteiger partial charge in [-0.15, -0.1) is 0 Å². The van der Waals surface area contributed by atoms with Gasteiger partial charge in [0.1, 0.15) is 23.0 Å². The first-order valence-electron chi connectivity index (χ1n) is 11.4. The van der Waals surface area contributed by atoms with Crippen molar-refractivity contribution in [2.24, 2.45) is 0 Å². The highest BCUT2D eigenvalue weighted by Crippen LogP contribution is 2.33. The van der Waals surface area contributed by atoms with Crippen molar-refractivity contribution in [2.45, 2.75) is 32.0 Å². The standard InChI is InChI=1S/C27H26FNO6/c1-2-8-19-17-23(34-21-10-4-3-5-11-21)13-14-24(19)33-16-7-15-32-22-12-6-9-20(18-22)27(28)25(30)29-26(31)35-27/h3-6,9-14,17-18H,2,7-8,15-16H2,1H3,(H,29,30,31). The Morgan fingerprint density at radius 3 is 2.40 bits per heavy atom. The Morgan fingerprint density at radius 2 is 1.66 bits per heavy atom. The fourth-order valence-electron chi connectivity index (χ4n) is 3.63. The topological polar surface area (TPSA) is 83.1 Å². The number of alkyl carbamates (subject to hydrolysis) is 1. The van der Waals surface area contributed by atoms with E-state index >= 15 is 0 Å². The minimum Gasteiger partial charge on any atom is -0.493 e. The number of halogens is 1. The summed E-state index contributed by atoms with van der Waals surface area (Å²) in [6, 6.07) is 21.2. The number of para-hydroxylation sites is 1. The van der Waals surface area contributed by atoms with Crippen molar-refractivity contribution in [1.29, 1.82) is 0 Å². The molecule has 1 N–H and O–H groups in total. The van der Waals surface area contributed by atoms with Gasteiger partial charge in [-0.3, -0.25) is 10.1 Å². The van der Waals surface area contributed by atoms with Gasteiger partial charge in [-0.05, 0) is 54.4 Å². The van der Waals surface area contributed by atoms with E-state index in [1.54, 1.807) is 11.4 Å². The van der Waals surface area contributed by atoms with E-state index in [-0.39, 0.29) is 5.56 Å². The van der Waals surface area contributed by atoms with Crippen molar-refractivity contribution < 1.29 is 32.9 Å². The fraction of sp³-hybridized carbons (Fsp3) is 0.259. The van der Waals surface area contributed by atoms with Gasteiger partial charge in [0.2, 0.25) is 0 Å². The lowest BCUT2D eigenvalue weighted by atomic mass is 10.1. The Hall–Kier alpha value is -4.07. The van der Waals surface area contributed by atoms with E-state index in [1.807, 2.05) is 48.5 Å². The molecule has 35 heavy (non-hydrogen) atoms. The molecular formula is C27H26FNO6. The molecular weight excluding hydrogens is 453 g/mol. The molecule has 8 heteroatoms. The Morgan fingerprint density at radius 1 is 0.886 bits per heavy atom. The molecule has 1 heterocycles. The van der Waals surface area contributed by atoms with Crippen LogP contribution in [0.3, 0.4) is 0 Å². The van der Waals surface area contributed by atoms with E-state index in [9.17, 15) is 14.0 Å². The van der Waals surface area contributed by atoms with Crippen LogP contribution in [-0.4, -0.2) is 25.2 Å². The summed E-state index contributed by atoms with van der Waals surface area (Å²) >= 11 is 0. The van der Waals surface area contributed by atoms with Crippen LogP contribution in [0.4, 0.5) is 9.18 Å². The number of benzene rings is 3. The van der Waals surface area contributed by atoms with Crippen molar-refractivity contribution >= 4 is 12.0 Å². The number of carbonyl (C=O) groups is 2. The van der Waals surface area contributed by atoms with E-state index in [1.165, 1.54) is 18.2 Å². The average Bonchev–Trinajstić information content (AvgIpc) is 3.13. The Labute approximate surface area is 202 Å². The van der Waals surface area contributed by atoms with Crippen LogP contribution in [0.2, 0.25) is 0 Å². The molecule has 1 saturated heterocycles. The zero-order chi connectivity index (χ0) is 24.7. The maximum atomic E-state index is 14.8. The maximum Gasteiger partial charge on any atom is 0.417 e. The molecule has 1 aliphatic heterocycles. The van der Waals surface area contributed by atoms with Crippen LogP contribution in [0.25, 0.3) is 0 Å². The smallest absolute Gasteiger partial charge is 0.417 e. The van der Waals surface area contributed by atoms with Gasteiger partial charge in [-0.2, -0.15) is 4.39 Å². The van der Waals surface area contributed by atoms with Gasteiger partial charge in [0.25, 0.3) is 0 Å². The van der Waals surface area contributed by atoms with E-state index < -0.39 is 17.9 Å². The second kappa shape index (κ2) is 10.9. The number of cyclic esters (lactones) is 1. The number of hydrogen-bond donors (Lipinski definition) is 1. The van der Waals surface area contributed by atoms with Crippen LogP contribution >= 0.6 is 0 Å². The number of alkyl halides is 1. The number of amides is 2. The van der Waals surface area contributed by atoms with Gasteiger partial charge in [0.15, 0.2) is 0 Å². The molecule has 1 unspecified atom stereocenters. The molecule has 1 fully saturated rings. The van der Waals surface area contributed by atoms with Crippen LogP contribution < -0.4 is 19.5 Å². The zero-order valence-electron chi connectivity index (χ0n) is 19.3. The molecule has 1 aliphatic rings. The lowest BCUT2D eigenvalue weighted by molar-refractivity contribution is -0.149. The summed E-state index contributed by atoms with van der Waals surface area (Å²) in [5, 5.41) is 1.79. The average molecular weight is 480 g/mol. The Balaban J connectivity index is 1.30. The first-order valence-corrected chi connectivity index (χ1v) is 11.4. The minimum absolute atomic E-state index is 0.114. The summed E-state index contributed by atoms with van der Waals surface area (Å²) in [4.78, 5) is 22.9. The van der Waals surface area contributed by atoms with Gasteiger partial charge >= 0.3 is 17.9 Å². The summed E-state index contributed by atoms with van der Waals surface area (Å²) < 4.78 is 36.9. The zero-order valence-corrected chi connectivity index (χ0v) is 19.3. The number of hydrogen-bond acceptors (Lipinski definition) is 6. The minimum atomic E-state index is -2.86. The number of aryl methyl sites for hydroxylation is 1. The van der Waals surface area contributed by atoms with Crippen LogP contribution in [0.15, 0.2) is 72.8 Å². The summed E-state index contributed by atoms with van der Waals surface area (Å²) in [6.07, 6.45) is 1.28. The highest BCUT2D eigenvalue weighted by molar-refractivity contribution is 6.02. The largest absolute Gasteiger partial charge is 0.493 e. The van der Waals surface area contributed by atoms with E-state index in [0.29, 0.717) is 25.4 Å². The van der Waals surface area contributed by atoms with Gasteiger partial charge in [0.05, 0.1) is 13.2 Å². The highest BCUT2D eigenvalue weighted by Gasteiger charge is 2.51. The quantitative estimate of drug-likeness (QED) is 0.357. The van der Waals surface area contributed by atoms with Gasteiger partial charge < -0.3 is 18.9 Å². The molecule has 0 aromatic heterocycles. The Bertz CT molecular complexity index is 1190. The Kier molecular flexibility index (Phi) is 7.50.